The van der Waals surface area contributed by atoms with E-state index < -0.39 is 0 Å². The third kappa shape index (κ3) is 3.71. The minimum Gasteiger partial charge on any atom is -0.369 e. The van der Waals surface area contributed by atoms with E-state index in [0.717, 1.165) is 33.7 Å². The molecule has 2 aromatic carbocycles. The molecule has 4 rings (SSSR count). The lowest BCUT2D eigenvalue weighted by Gasteiger charge is -2.08. The first-order valence-corrected chi connectivity index (χ1v) is 8.71. The zero-order valence-electron chi connectivity index (χ0n) is 15.3. The number of hydrogen-bond acceptors (Lipinski definition) is 5. The zero-order chi connectivity index (χ0) is 19.3. The van der Waals surface area contributed by atoms with Crippen LogP contribution in [0.1, 0.15) is 17.0 Å². The second-order valence-electron chi connectivity index (χ2n) is 6.29. The Hall–Kier alpha value is -3.68. The lowest BCUT2D eigenvalue weighted by Crippen LogP contribution is -2.03. The van der Waals surface area contributed by atoms with Crippen molar-refractivity contribution in [1.82, 2.24) is 24.3 Å². The smallest absolute Gasteiger partial charge is 0.152 e. The highest BCUT2D eigenvalue weighted by Crippen LogP contribution is 2.21. The molecule has 9 heteroatoms. The van der Waals surface area contributed by atoms with Gasteiger partial charge in [0.2, 0.25) is 0 Å². The van der Waals surface area contributed by atoms with Crippen molar-refractivity contribution in [2.24, 2.45) is 12.2 Å². The van der Waals surface area contributed by atoms with Gasteiger partial charge < -0.3 is 4.74 Å². The van der Waals surface area contributed by atoms with Gasteiger partial charge in [-0.1, -0.05) is 23.3 Å². The molecule has 0 bridgehead atoms. The highest BCUT2D eigenvalue weighted by atomic mass is 16.5. The van der Waals surface area contributed by atoms with Crippen molar-refractivity contribution in [3.8, 4) is 5.69 Å². The molecule has 0 aliphatic rings. The summed E-state index contributed by atoms with van der Waals surface area (Å²) >= 11 is 0. The van der Waals surface area contributed by atoms with Crippen LogP contribution in [0.15, 0.2) is 60.2 Å². The highest BCUT2D eigenvalue weighted by molar-refractivity contribution is 5.78. The molecular weight excluding hydrogens is 356 g/mol. The van der Waals surface area contributed by atoms with Gasteiger partial charge in [0.25, 0.3) is 0 Å². The predicted octanol–water partition coefficient (Wildman–Crippen LogP) is 3.68. The van der Waals surface area contributed by atoms with E-state index in [2.05, 4.69) is 31.2 Å². The van der Waals surface area contributed by atoms with Gasteiger partial charge in [-0.2, -0.15) is 5.10 Å². The molecule has 0 aliphatic heterocycles. The van der Waals surface area contributed by atoms with Gasteiger partial charge in [0.1, 0.15) is 19.3 Å². The molecule has 0 radical (unpaired) electrons. The zero-order valence-corrected chi connectivity index (χ0v) is 15.3. The highest BCUT2D eigenvalue weighted by Gasteiger charge is 2.07. The van der Waals surface area contributed by atoms with Gasteiger partial charge in [0, 0.05) is 17.6 Å². The Balaban J connectivity index is 1.52. The third-order valence-corrected chi connectivity index (χ3v) is 4.42. The molecule has 0 unspecified atom stereocenters. The molecule has 28 heavy (non-hydrogen) atoms. The van der Waals surface area contributed by atoms with Crippen molar-refractivity contribution in [1.29, 1.82) is 0 Å². The van der Waals surface area contributed by atoms with E-state index in [1.165, 1.54) is 6.33 Å². The Morgan fingerprint density at radius 2 is 2.04 bits per heavy atom. The molecule has 0 spiro atoms. The van der Waals surface area contributed by atoms with Crippen LogP contribution < -0.4 is 0 Å². The summed E-state index contributed by atoms with van der Waals surface area (Å²) in [5.74, 6) is 0.785. The summed E-state index contributed by atoms with van der Waals surface area (Å²) in [5, 5.41) is 7.63. The largest absolute Gasteiger partial charge is 0.369 e. The summed E-state index contributed by atoms with van der Waals surface area (Å²) < 4.78 is 9.50. The van der Waals surface area contributed by atoms with Crippen LogP contribution in [0, 0.1) is 0 Å². The number of fused-ring (bicyclic) bond motifs is 1. The van der Waals surface area contributed by atoms with Crippen LogP contribution in [0.5, 0.6) is 0 Å². The first kappa shape index (κ1) is 17.7. The average molecular weight is 374 g/mol. The maximum Gasteiger partial charge on any atom is 0.152 e. The summed E-state index contributed by atoms with van der Waals surface area (Å²) in [4.78, 5) is 11.4. The topological polar surface area (TPSA) is 107 Å². The monoisotopic (exact) mass is 374 g/mol. The normalized spacial score (nSPS) is 10.9. The van der Waals surface area contributed by atoms with Crippen LogP contribution in [0.4, 0.5) is 0 Å². The first-order chi connectivity index (χ1) is 13.7. The van der Waals surface area contributed by atoms with E-state index in [0.29, 0.717) is 19.8 Å². The van der Waals surface area contributed by atoms with Gasteiger partial charge in [-0.15, -0.1) is 0 Å². The molecule has 4 aromatic rings. The molecule has 0 aliphatic carbocycles. The average Bonchev–Trinajstić information content (AvgIpc) is 3.32. The van der Waals surface area contributed by atoms with E-state index in [4.69, 9.17) is 10.3 Å². The Morgan fingerprint density at radius 3 is 2.86 bits per heavy atom. The number of aryl methyl sites for hydroxylation is 1. The van der Waals surface area contributed by atoms with Crippen molar-refractivity contribution in [3.63, 3.8) is 0 Å². The number of aromatic nitrogens is 5. The number of benzene rings is 2. The number of rotatable bonds is 7. The molecule has 2 heterocycles. The molecular formula is C19H18N8O. The Kier molecular flexibility index (Phi) is 5.01. The molecule has 0 fully saturated rings. The van der Waals surface area contributed by atoms with Crippen LogP contribution in [0.25, 0.3) is 27.2 Å². The van der Waals surface area contributed by atoms with Gasteiger partial charge in [0.15, 0.2) is 5.82 Å². The molecule has 0 saturated carbocycles. The van der Waals surface area contributed by atoms with Crippen LogP contribution in [-0.2, 0) is 31.5 Å². The van der Waals surface area contributed by atoms with Crippen LogP contribution in [-0.4, -0.2) is 24.3 Å². The summed E-state index contributed by atoms with van der Waals surface area (Å²) in [7, 11) is 1.84. The van der Waals surface area contributed by atoms with Crippen LogP contribution >= 0.6 is 0 Å². The first-order valence-electron chi connectivity index (χ1n) is 8.71. The SMILES string of the molecule is Cn1ncnc1COCc1cccc(-n2cnc3cc(CN=[N+]=[N-])ccc32)c1. The molecule has 140 valence electrons. The standard InChI is InChI=1S/C19H18N8O/c1-26-19(21-12-24-26)11-28-10-15-3-2-4-16(7-15)27-13-22-17-8-14(9-23-25-20)5-6-18(17)27/h2-8,12-13H,9-11H2,1H3. The maximum absolute atomic E-state index is 8.47. The summed E-state index contributed by atoms with van der Waals surface area (Å²) in [6, 6.07) is 14.0. The lowest BCUT2D eigenvalue weighted by molar-refractivity contribution is 0.0993. The molecule has 0 N–H and O–H groups in total. The molecule has 0 amide bonds. The lowest BCUT2D eigenvalue weighted by atomic mass is 10.2. The summed E-state index contributed by atoms with van der Waals surface area (Å²) in [6.07, 6.45) is 3.31. The molecule has 9 nitrogen and oxygen atoms in total. The number of hydrogen-bond donors (Lipinski definition) is 0. The summed E-state index contributed by atoms with van der Waals surface area (Å²) in [6.45, 7) is 1.20. The van der Waals surface area contributed by atoms with Gasteiger partial charge in [-0.25, -0.2) is 9.97 Å². The van der Waals surface area contributed by atoms with Gasteiger partial charge in [-0.05, 0) is 40.9 Å². The van der Waals surface area contributed by atoms with Gasteiger partial charge >= 0.3 is 0 Å². The van der Waals surface area contributed by atoms with Crippen molar-refractivity contribution < 1.29 is 4.74 Å². The van der Waals surface area contributed by atoms with E-state index in [1.54, 1.807) is 11.0 Å². The Bertz CT molecular complexity index is 1160. The minimum atomic E-state index is 0.317. The second kappa shape index (κ2) is 7.91. The predicted molar refractivity (Wildman–Crippen MR) is 103 cm³/mol. The maximum atomic E-state index is 8.47. The molecule has 0 saturated heterocycles. The van der Waals surface area contributed by atoms with Gasteiger partial charge in [-0.3, -0.25) is 9.25 Å². The quantitative estimate of drug-likeness (QED) is 0.279. The molecule has 2 aromatic heterocycles. The fourth-order valence-corrected chi connectivity index (χ4v) is 2.98. The number of nitrogens with zero attached hydrogens (tertiary/aromatic N) is 8. The third-order valence-electron chi connectivity index (χ3n) is 4.42. The summed E-state index contributed by atoms with van der Waals surface area (Å²) in [5.41, 5.74) is 13.3. The fourth-order valence-electron chi connectivity index (χ4n) is 2.98. The van der Waals surface area contributed by atoms with E-state index in [1.807, 2.05) is 48.0 Å². The van der Waals surface area contributed by atoms with Crippen LogP contribution in [0.2, 0.25) is 0 Å². The fraction of sp³-hybridized carbons (Fsp3) is 0.211. The van der Waals surface area contributed by atoms with E-state index in [9.17, 15) is 0 Å². The number of ether oxygens (including phenoxy) is 1. The molecule has 0 atom stereocenters. The van der Waals surface area contributed by atoms with Crippen molar-refractivity contribution in [2.75, 3.05) is 0 Å². The van der Waals surface area contributed by atoms with Crippen molar-refractivity contribution >= 4 is 11.0 Å². The van der Waals surface area contributed by atoms with E-state index >= 15 is 0 Å². The van der Waals surface area contributed by atoms with E-state index in [-0.39, 0.29) is 0 Å². The number of azide groups is 1. The van der Waals surface area contributed by atoms with Crippen molar-refractivity contribution in [3.05, 3.63) is 82.5 Å². The Morgan fingerprint density at radius 1 is 1.11 bits per heavy atom. The van der Waals surface area contributed by atoms with Gasteiger partial charge in [0.05, 0.1) is 24.2 Å². The second-order valence-corrected chi connectivity index (χ2v) is 6.29. The number of imidazole rings is 1. The van der Waals surface area contributed by atoms with Crippen molar-refractivity contribution in [2.45, 2.75) is 19.8 Å². The van der Waals surface area contributed by atoms with Crippen LogP contribution in [0.3, 0.4) is 0 Å². The Labute approximate surface area is 160 Å². The minimum absolute atomic E-state index is 0.317.